The summed E-state index contributed by atoms with van der Waals surface area (Å²) < 4.78 is 14.2. The van der Waals surface area contributed by atoms with E-state index >= 15 is 0 Å². The molecule has 0 unspecified atom stereocenters. The lowest BCUT2D eigenvalue weighted by atomic mass is 9.79. The van der Waals surface area contributed by atoms with Crippen molar-refractivity contribution in [1.82, 2.24) is 0 Å². The van der Waals surface area contributed by atoms with E-state index in [1.165, 1.54) is 44.6 Å². The van der Waals surface area contributed by atoms with Gasteiger partial charge >= 0.3 is 0 Å². The van der Waals surface area contributed by atoms with Crippen LogP contribution in [0.1, 0.15) is 52.4 Å². The number of para-hydroxylation sites is 1. The minimum absolute atomic E-state index is 0.192. The highest BCUT2D eigenvalue weighted by atomic mass is 32.2. The molecule has 0 bridgehead atoms. The van der Waals surface area contributed by atoms with E-state index < -0.39 is 5.82 Å². The molecule has 0 saturated heterocycles. The van der Waals surface area contributed by atoms with Crippen LogP contribution in [0.5, 0.6) is 5.75 Å². The highest BCUT2D eigenvalue weighted by Gasteiger charge is 2.36. The molecule has 1 aliphatic heterocycles. The fourth-order valence-corrected chi connectivity index (χ4v) is 5.28. The average molecular weight is 388 g/mol. The zero-order valence-electron chi connectivity index (χ0n) is 16.4. The predicted octanol–water partition coefficient (Wildman–Crippen LogP) is 7.14. The molecule has 0 aliphatic carbocycles. The highest BCUT2D eigenvalue weighted by Crippen LogP contribution is 2.48. The Morgan fingerprint density at radius 3 is 2.37 bits per heavy atom. The molecule has 2 aromatic rings. The van der Waals surface area contributed by atoms with Crippen LogP contribution in [-0.4, -0.2) is 17.4 Å². The van der Waals surface area contributed by atoms with Gasteiger partial charge in [0.15, 0.2) is 11.6 Å². The Labute approximate surface area is 166 Å². The summed E-state index contributed by atoms with van der Waals surface area (Å²) in [5, 5.41) is 9.93. The summed E-state index contributed by atoms with van der Waals surface area (Å²) in [5.41, 5.74) is 2.15. The molecule has 0 atom stereocenters. The van der Waals surface area contributed by atoms with E-state index in [1.54, 1.807) is 17.8 Å². The zero-order chi connectivity index (χ0) is 19.3. The summed E-state index contributed by atoms with van der Waals surface area (Å²) in [6, 6.07) is 13.4. The monoisotopic (exact) mass is 387 g/mol. The maximum Gasteiger partial charge on any atom is 0.166 e. The van der Waals surface area contributed by atoms with Gasteiger partial charge in [-0.2, -0.15) is 0 Å². The molecule has 1 N–H and O–H groups in total. The van der Waals surface area contributed by atoms with E-state index in [0.29, 0.717) is 0 Å². The van der Waals surface area contributed by atoms with E-state index in [1.807, 2.05) is 18.2 Å². The lowest BCUT2D eigenvalue weighted by molar-refractivity contribution is 0.274. The average Bonchev–Trinajstić information content (AvgIpc) is 2.84. The van der Waals surface area contributed by atoms with Crippen LogP contribution in [0.2, 0.25) is 0 Å². The topological polar surface area (TPSA) is 23.5 Å². The second-order valence-electron chi connectivity index (χ2n) is 7.69. The number of halogens is 1. The largest absolute Gasteiger partial charge is 0.505 e. The Kier molecular flexibility index (Phi) is 6.69. The first-order valence-corrected chi connectivity index (χ1v) is 11.0. The first-order chi connectivity index (χ1) is 13.1. The van der Waals surface area contributed by atoms with Gasteiger partial charge in [0.05, 0.1) is 5.69 Å². The van der Waals surface area contributed by atoms with Crippen LogP contribution < -0.4 is 4.90 Å². The van der Waals surface area contributed by atoms with Crippen molar-refractivity contribution in [2.45, 2.75) is 57.3 Å². The maximum atomic E-state index is 14.2. The first-order valence-electron chi connectivity index (χ1n) is 10.1. The number of nitrogens with zero attached hydrogens (tertiary/aromatic N) is 1. The third kappa shape index (κ3) is 4.60. The van der Waals surface area contributed by atoms with Crippen LogP contribution in [0.4, 0.5) is 15.8 Å². The fraction of sp³-hybridized carbons (Fsp3) is 0.478. The van der Waals surface area contributed by atoms with E-state index in [-0.39, 0.29) is 11.2 Å². The smallest absolute Gasteiger partial charge is 0.166 e. The third-order valence-electron chi connectivity index (χ3n) is 5.54. The second-order valence-corrected chi connectivity index (χ2v) is 8.71. The highest BCUT2D eigenvalue weighted by molar-refractivity contribution is 7.99. The molecular formula is C23H30FNOS. The Hall–Kier alpha value is -1.68. The van der Waals surface area contributed by atoms with Gasteiger partial charge in [0, 0.05) is 28.9 Å². The standard InChI is InChI=1S/C23H30FNOS/c1-3-5-12-23(13-6-4-2)16-25(18-10-8-7-9-11-18)20-14-19(24)21(26)15-22(20)27-17-23/h7-11,14-15,26H,3-6,12-13,16-17H2,1-2H3. The van der Waals surface area contributed by atoms with E-state index in [0.717, 1.165) is 28.6 Å². The van der Waals surface area contributed by atoms with Gasteiger partial charge in [-0.3, -0.25) is 0 Å². The lowest BCUT2D eigenvalue weighted by Gasteiger charge is -2.37. The van der Waals surface area contributed by atoms with Crippen molar-refractivity contribution in [1.29, 1.82) is 0 Å². The Balaban J connectivity index is 2.06. The van der Waals surface area contributed by atoms with Crippen molar-refractivity contribution in [2.24, 2.45) is 5.41 Å². The summed E-state index contributed by atoms with van der Waals surface area (Å²) in [6.07, 6.45) is 7.16. The van der Waals surface area contributed by atoms with Crippen LogP contribution in [0, 0.1) is 11.2 Å². The summed E-state index contributed by atoms with van der Waals surface area (Å²) in [4.78, 5) is 3.23. The molecule has 0 fully saturated rings. The van der Waals surface area contributed by atoms with Crippen LogP contribution >= 0.6 is 11.8 Å². The molecule has 3 rings (SSSR count). The van der Waals surface area contributed by atoms with E-state index in [9.17, 15) is 9.50 Å². The molecule has 0 amide bonds. The third-order valence-corrected chi connectivity index (χ3v) is 6.93. The number of unbranched alkanes of at least 4 members (excludes halogenated alkanes) is 2. The van der Waals surface area contributed by atoms with Crippen LogP contribution in [0.3, 0.4) is 0 Å². The normalized spacial score (nSPS) is 16.0. The minimum Gasteiger partial charge on any atom is -0.505 e. The molecule has 146 valence electrons. The molecule has 1 heterocycles. The first kappa shape index (κ1) is 20.1. The van der Waals surface area contributed by atoms with Gasteiger partial charge in [-0.25, -0.2) is 4.39 Å². The molecule has 4 heteroatoms. The van der Waals surface area contributed by atoms with Crippen molar-refractivity contribution < 1.29 is 9.50 Å². The van der Waals surface area contributed by atoms with E-state index in [4.69, 9.17) is 0 Å². The SMILES string of the molecule is CCCCC1(CCCC)CSc2cc(O)c(F)cc2N(c2ccccc2)C1. The lowest BCUT2D eigenvalue weighted by Crippen LogP contribution is -2.36. The number of hydrogen-bond acceptors (Lipinski definition) is 3. The number of phenolic OH excluding ortho intramolecular Hbond substituents is 1. The zero-order valence-corrected chi connectivity index (χ0v) is 17.2. The molecule has 0 saturated carbocycles. The Morgan fingerprint density at radius 1 is 1.07 bits per heavy atom. The van der Waals surface area contributed by atoms with Crippen LogP contribution in [0.25, 0.3) is 0 Å². The summed E-state index contributed by atoms with van der Waals surface area (Å²) >= 11 is 1.77. The number of hydrogen-bond donors (Lipinski definition) is 1. The van der Waals surface area contributed by atoms with Crippen molar-refractivity contribution in [3.05, 3.63) is 48.3 Å². The number of aromatic hydroxyl groups is 1. The number of anilines is 2. The van der Waals surface area contributed by atoms with Gasteiger partial charge in [0.25, 0.3) is 0 Å². The number of fused-ring (bicyclic) bond motifs is 1. The molecule has 2 nitrogen and oxygen atoms in total. The number of benzene rings is 2. The molecule has 27 heavy (non-hydrogen) atoms. The van der Waals surface area contributed by atoms with Gasteiger partial charge < -0.3 is 10.0 Å². The van der Waals surface area contributed by atoms with Crippen molar-refractivity contribution >= 4 is 23.1 Å². The molecule has 1 aliphatic rings. The molecule has 2 aromatic carbocycles. The van der Waals surface area contributed by atoms with Gasteiger partial charge in [0.2, 0.25) is 0 Å². The quantitative estimate of drug-likeness (QED) is 0.546. The second kappa shape index (κ2) is 9.01. The number of thioether (sulfide) groups is 1. The summed E-state index contributed by atoms with van der Waals surface area (Å²) in [5.74, 6) is 0.197. The van der Waals surface area contributed by atoms with Crippen LogP contribution in [0.15, 0.2) is 47.4 Å². The van der Waals surface area contributed by atoms with Crippen molar-refractivity contribution in [3.8, 4) is 5.75 Å². The fourth-order valence-electron chi connectivity index (χ4n) is 3.93. The van der Waals surface area contributed by atoms with Gasteiger partial charge in [-0.05, 0) is 36.5 Å². The Morgan fingerprint density at radius 2 is 1.74 bits per heavy atom. The van der Waals surface area contributed by atoms with Gasteiger partial charge in [-0.15, -0.1) is 11.8 Å². The molecule has 0 spiro atoms. The number of phenols is 1. The minimum atomic E-state index is -0.551. The maximum absolute atomic E-state index is 14.2. The van der Waals surface area contributed by atoms with E-state index in [2.05, 4.69) is 30.9 Å². The van der Waals surface area contributed by atoms with Gasteiger partial charge in [0.1, 0.15) is 0 Å². The van der Waals surface area contributed by atoms with Crippen molar-refractivity contribution in [2.75, 3.05) is 17.2 Å². The predicted molar refractivity (Wildman–Crippen MR) is 114 cm³/mol. The molecule has 0 aromatic heterocycles. The summed E-state index contributed by atoms with van der Waals surface area (Å²) in [7, 11) is 0. The Bertz CT molecular complexity index is 742. The number of rotatable bonds is 7. The summed E-state index contributed by atoms with van der Waals surface area (Å²) in [6.45, 7) is 5.38. The molecular weight excluding hydrogens is 357 g/mol. The van der Waals surface area contributed by atoms with Crippen LogP contribution in [-0.2, 0) is 0 Å². The molecule has 0 radical (unpaired) electrons. The van der Waals surface area contributed by atoms with Gasteiger partial charge in [-0.1, -0.05) is 57.7 Å². The van der Waals surface area contributed by atoms with Crippen molar-refractivity contribution in [3.63, 3.8) is 0 Å².